The summed E-state index contributed by atoms with van der Waals surface area (Å²) in [4.78, 5) is 40.1. The maximum absolute atomic E-state index is 13.5. The van der Waals surface area contributed by atoms with Crippen LogP contribution in [0.4, 0.5) is 11.4 Å². The topological polar surface area (TPSA) is 94.2 Å². The molecule has 0 saturated heterocycles. The molecular weight excluding hydrogens is 496 g/mol. The van der Waals surface area contributed by atoms with Crippen LogP contribution in [-0.4, -0.2) is 38.1 Å². The molecule has 0 bridgehead atoms. The minimum absolute atomic E-state index is 0.175. The van der Waals surface area contributed by atoms with Gasteiger partial charge in [0.15, 0.2) is 6.61 Å². The first-order valence-electron chi connectivity index (χ1n) is 12.5. The molecule has 1 heterocycles. The molecule has 0 unspecified atom stereocenters. The molecule has 1 aliphatic heterocycles. The van der Waals surface area contributed by atoms with E-state index in [1.807, 2.05) is 31.2 Å². The maximum atomic E-state index is 13.5. The Morgan fingerprint density at radius 2 is 1.54 bits per heavy atom. The largest absolute Gasteiger partial charge is 0.497 e. The van der Waals surface area contributed by atoms with Gasteiger partial charge in [-0.15, -0.1) is 0 Å². The zero-order valence-corrected chi connectivity index (χ0v) is 22.3. The van der Waals surface area contributed by atoms with Gasteiger partial charge in [0.25, 0.3) is 11.8 Å². The highest BCUT2D eigenvalue weighted by molar-refractivity contribution is 6.23. The van der Waals surface area contributed by atoms with Gasteiger partial charge in [-0.3, -0.25) is 14.5 Å². The molecule has 1 N–H and O–H groups in total. The van der Waals surface area contributed by atoms with Crippen LogP contribution < -0.4 is 19.7 Å². The van der Waals surface area contributed by atoms with Crippen LogP contribution >= 0.6 is 0 Å². The quantitative estimate of drug-likeness (QED) is 0.301. The molecule has 0 spiro atoms. The van der Waals surface area contributed by atoms with Crippen LogP contribution in [0.5, 0.6) is 11.5 Å². The summed E-state index contributed by atoms with van der Waals surface area (Å²) in [6, 6.07) is 21.4. The zero-order chi connectivity index (χ0) is 27.9. The molecule has 4 rings (SSSR count). The third kappa shape index (κ3) is 6.35. The van der Waals surface area contributed by atoms with Crippen molar-refractivity contribution in [2.45, 2.75) is 20.8 Å². The lowest BCUT2D eigenvalue weighted by atomic mass is 10.0. The standard InChI is InChI=1S/C31H30N2O6/c1-5-38-31(36)29-21(3)33(24-12-6-20(2)7-13-24)30(35)27(29)18-22-8-14-26(15-9-22)39-19-28(34)32-23-10-16-25(37-4)17-11-23/h6-18H,5,19H2,1-4H3,(H,32,34)/b27-18-. The number of nitrogens with one attached hydrogen (secondary N) is 1. The van der Waals surface area contributed by atoms with E-state index >= 15 is 0 Å². The van der Waals surface area contributed by atoms with E-state index in [4.69, 9.17) is 14.2 Å². The number of methoxy groups -OCH3 is 1. The van der Waals surface area contributed by atoms with Crippen molar-refractivity contribution in [1.82, 2.24) is 0 Å². The third-order valence-electron chi connectivity index (χ3n) is 6.11. The van der Waals surface area contributed by atoms with Crippen LogP contribution in [0.3, 0.4) is 0 Å². The lowest BCUT2D eigenvalue weighted by Crippen LogP contribution is -2.24. The van der Waals surface area contributed by atoms with E-state index in [1.165, 1.54) is 4.90 Å². The Morgan fingerprint density at radius 3 is 2.15 bits per heavy atom. The van der Waals surface area contributed by atoms with Crippen LogP contribution in [0, 0.1) is 6.92 Å². The van der Waals surface area contributed by atoms with Crippen LogP contribution in [0.25, 0.3) is 6.08 Å². The summed E-state index contributed by atoms with van der Waals surface area (Å²) in [5, 5.41) is 2.76. The number of carbonyl (C=O) groups excluding carboxylic acids is 3. The van der Waals surface area contributed by atoms with Gasteiger partial charge in [0.05, 0.1) is 24.9 Å². The zero-order valence-electron chi connectivity index (χ0n) is 22.3. The number of amides is 2. The highest BCUT2D eigenvalue weighted by atomic mass is 16.5. The molecular formula is C31H30N2O6. The molecule has 200 valence electrons. The van der Waals surface area contributed by atoms with Gasteiger partial charge in [0.1, 0.15) is 11.5 Å². The fraction of sp³-hybridized carbons (Fsp3) is 0.194. The molecule has 1 aliphatic rings. The molecule has 0 atom stereocenters. The number of anilines is 2. The molecule has 2 amide bonds. The number of aryl methyl sites for hydroxylation is 1. The summed E-state index contributed by atoms with van der Waals surface area (Å²) < 4.78 is 16.0. The third-order valence-corrected chi connectivity index (χ3v) is 6.11. The van der Waals surface area contributed by atoms with E-state index in [1.54, 1.807) is 75.6 Å². The average Bonchev–Trinajstić information content (AvgIpc) is 3.18. The Kier molecular flexibility index (Phi) is 8.46. The monoisotopic (exact) mass is 526 g/mol. The van der Waals surface area contributed by atoms with Crippen LogP contribution in [0.2, 0.25) is 0 Å². The molecule has 8 heteroatoms. The van der Waals surface area contributed by atoms with Crippen molar-refractivity contribution in [2.24, 2.45) is 0 Å². The number of nitrogens with zero attached hydrogens (tertiary/aromatic N) is 1. The smallest absolute Gasteiger partial charge is 0.340 e. The van der Waals surface area contributed by atoms with Gasteiger partial charge in [-0.25, -0.2) is 4.79 Å². The number of allylic oxidation sites excluding steroid dienone is 1. The predicted molar refractivity (Wildman–Crippen MR) is 150 cm³/mol. The highest BCUT2D eigenvalue weighted by Crippen LogP contribution is 2.35. The number of carbonyl (C=O) groups is 3. The molecule has 8 nitrogen and oxygen atoms in total. The van der Waals surface area contributed by atoms with Crippen molar-refractivity contribution in [3.05, 3.63) is 101 Å². The molecule has 3 aromatic carbocycles. The molecule has 0 saturated carbocycles. The predicted octanol–water partition coefficient (Wildman–Crippen LogP) is 5.29. The van der Waals surface area contributed by atoms with Crippen LogP contribution in [0.1, 0.15) is 25.0 Å². The number of hydrogen-bond acceptors (Lipinski definition) is 6. The van der Waals surface area contributed by atoms with Crippen molar-refractivity contribution in [3.63, 3.8) is 0 Å². The Labute approximate surface area is 227 Å². The van der Waals surface area contributed by atoms with Gasteiger partial charge in [-0.05, 0) is 80.9 Å². The van der Waals surface area contributed by atoms with Gasteiger partial charge >= 0.3 is 5.97 Å². The first kappa shape index (κ1) is 27.2. The lowest BCUT2D eigenvalue weighted by Gasteiger charge is -2.18. The fourth-order valence-corrected chi connectivity index (χ4v) is 4.13. The maximum Gasteiger partial charge on any atom is 0.340 e. The number of rotatable bonds is 9. The Balaban J connectivity index is 1.48. The number of ether oxygens (including phenoxy) is 3. The number of benzene rings is 3. The molecule has 3 aromatic rings. The summed E-state index contributed by atoms with van der Waals surface area (Å²) in [5.41, 5.74) is 4.05. The van der Waals surface area contributed by atoms with E-state index in [-0.39, 0.29) is 36.2 Å². The summed E-state index contributed by atoms with van der Waals surface area (Å²) in [7, 11) is 1.58. The summed E-state index contributed by atoms with van der Waals surface area (Å²) in [5.74, 6) is 0.0145. The Morgan fingerprint density at radius 1 is 0.897 bits per heavy atom. The minimum atomic E-state index is -0.549. The Hall–Kier alpha value is -4.85. The normalized spacial score (nSPS) is 14.0. The minimum Gasteiger partial charge on any atom is -0.497 e. The molecule has 39 heavy (non-hydrogen) atoms. The molecule has 0 aromatic heterocycles. The van der Waals surface area contributed by atoms with Crippen molar-refractivity contribution >= 4 is 35.2 Å². The fourth-order valence-electron chi connectivity index (χ4n) is 4.13. The number of esters is 1. The second-order valence-electron chi connectivity index (χ2n) is 8.85. The van der Waals surface area contributed by atoms with Gasteiger partial charge in [0, 0.05) is 17.1 Å². The summed E-state index contributed by atoms with van der Waals surface area (Å²) in [6.07, 6.45) is 1.66. The van der Waals surface area contributed by atoms with E-state index in [2.05, 4.69) is 5.32 Å². The van der Waals surface area contributed by atoms with Crippen molar-refractivity contribution in [3.8, 4) is 11.5 Å². The van der Waals surface area contributed by atoms with Gasteiger partial charge in [-0.2, -0.15) is 0 Å². The van der Waals surface area contributed by atoms with Crippen LogP contribution in [-0.2, 0) is 19.1 Å². The second kappa shape index (κ2) is 12.1. The van der Waals surface area contributed by atoms with Crippen molar-refractivity contribution in [1.29, 1.82) is 0 Å². The lowest BCUT2D eigenvalue weighted by molar-refractivity contribution is -0.138. The van der Waals surface area contributed by atoms with E-state index in [0.717, 1.165) is 5.56 Å². The first-order chi connectivity index (χ1) is 18.8. The van der Waals surface area contributed by atoms with Crippen LogP contribution in [0.15, 0.2) is 89.6 Å². The molecule has 0 aliphatic carbocycles. The second-order valence-corrected chi connectivity index (χ2v) is 8.85. The number of hydrogen-bond donors (Lipinski definition) is 1. The summed E-state index contributed by atoms with van der Waals surface area (Å²) in [6.45, 7) is 5.44. The van der Waals surface area contributed by atoms with Gasteiger partial charge in [-0.1, -0.05) is 29.8 Å². The highest BCUT2D eigenvalue weighted by Gasteiger charge is 2.38. The van der Waals surface area contributed by atoms with E-state index in [9.17, 15) is 14.4 Å². The Bertz CT molecular complexity index is 1420. The van der Waals surface area contributed by atoms with Gasteiger partial charge < -0.3 is 19.5 Å². The summed E-state index contributed by atoms with van der Waals surface area (Å²) >= 11 is 0. The van der Waals surface area contributed by atoms with E-state index < -0.39 is 5.97 Å². The van der Waals surface area contributed by atoms with Crippen molar-refractivity contribution in [2.75, 3.05) is 30.5 Å². The first-order valence-corrected chi connectivity index (χ1v) is 12.5. The van der Waals surface area contributed by atoms with Gasteiger partial charge in [0.2, 0.25) is 0 Å². The van der Waals surface area contributed by atoms with E-state index in [0.29, 0.717) is 34.1 Å². The molecule has 0 radical (unpaired) electrons. The van der Waals surface area contributed by atoms with Crippen molar-refractivity contribution < 1.29 is 28.6 Å². The average molecular weight is 527 g/mol. The molecule has 0 fully saturated rings. The SMILES string of the molecule is CCOC(=O)C1=C(C)N(c2ccc(C)cc2)C(=O)/C1=C\c1ccc(OCC(=O)Nc2ccc(OC)cc2)cc1.